The summed E-state index contributed by atoms with van der Waals surface area (Å²) < 4.78 is 0. The number of hydrogen-bond donors (Lipinski definition) is 6. The SMILES string of the molecule is O=C(OO)C(O)CCCO.O=C(OO)C(O)CCO. The molecule has 0 heterocycles. The summed E-state index contributed by atoms with van der Waals surface area (Å²) in [6.07, 6.45) is -2.50. The van der Waals surface area contributed by atoms with E-state index in [0.717, 1.165) is 0 Å². The second-order valence-electron chi connectivity index (χ2n) is 3.23. The molecule has 0 aromatic carbocycles. The van der Waals surface area contributed by atoms with Crippen molar-refractivity contribution in [3.8, 4) is 0 Å². The summed E-state index contributed by atoms with van der Waals surface area (Å²) in [6, 6.07) is 0. The van der Waals surface area contributed by atoms with E-state index >= 15 is 0 Å². The van der Waals surface area contributed by atoms with Crippen molar-refractivity contribution in [3.63, 3.8) is 0 Å². The highest BCUT2D eigenvalue weighted by atomic mass is 17.1. The maximum Gasteiger partial charge on any atom is 0.370 e. The van der Waals surface area contributed by atoms with Gasteiger partial charge < -0.3 is 20.4 Å². The quantitative estimate of drug-likeness (QED) is 0.224. The Kier molecular flexibility index (Phi) is 13.8. The van der Waals surface area contributed by atoms with Crippen molar-refractivity contribution in [2.45, 2.75) is 31.5 Å². The third kappa shape index (κ3) is 11.5. The molecule has 0 bridgehead atoms. The monoisotopic (exact) mass is 286 g/mol. The molecule has 0 aliphatic carbocycles. The maximum absolute atomic E-state index is 10.2. The van der Waals surface area contributed by atoms with Crippen LogP contribution in [0.15, 0.2) is 0 Å². The lowest BCUT2D eigenvalue weighted by molar-refractivity contribution is -0.243. The molecule has 19 heavy (non-hydrogen) atoms. The van der Waals surface area contributed by atoms with Gasteiger partial charge in [0.1, 0.15) is 0 Å². The smallest absolute Gasteiger partial charge is 0.370 e. The molecule has 0 amide bonds. The Bertz CT molecular complexity index is 243. The predicted octanol–water partition coefficient (Wildman–Crippen LogP) is -2.12. The molecule has 0 rings (SSSR count). The van der Waals surface area contributed by atoms with Gasteiger partial charge in [0.15, 0.2) is 12.2 Å². The fourth-order valence-electron chi connectivity index (χ4n) is 0.764. The molecule has 0 aromatic heterocycles. The van der Waals surface area contributed by atoms with Crippen LogP contribution in [0.25, 0.3) is 0 Å². The zero-order chi connectivity index (χ0) is 15.3. The van der Waals surface area contributed by atoms with Crippen molar-refractivity contribution in [2.75, 3.05) is 13.2 Å². The van der Waals surface area contributed by atoms with E-state index in [2.05, 4.69) is 9.78 Å². The van der Waals surface area contributed by atoms with Gasteiger partial charge in [-0.2, -0.15) is 10.5 Å². The van der Waals surface area contributed by atoms with Crippen molar-refractivity contribution in [1.29, 1.82) is 0 Å². The number of carbonyl (C=O) groups excluding carboxylic acids is 2. The van der Waals surface area contributed by atoms with Crippen molar-refractivity contribution >= 4 is 11.9 Å². The summed E-state index contributed by atoms with van der Waals surface area (Å²) in [5.41, 5.74) is 0. The predicted molar refractivity (Wildman–Crippen MR) is 57.5 cm³/mol. The van der Waals surface area contributed by atoms with Gasteiger partial charge in [-0.05, 0) is 12.8 Å². The maximum atomic E-state index is 10.2. The molecule has 0 aromatic rings. The molecule has 0 aliphatic rings. The Morgan fingerprint density at radius 1 is 0.842 bits per heavy atom. The highest BCUT2D eigenvalue weighted by Crippen LogP contribution is 1.97. The molecule has 10 heteroatoms. The zero-order valence-electron chi connectivity index (χ0n) is 10.0. The lowest BCUT2D eigenvalue weighted by Crippen LogP contribution is -2.22. The highest BCUT2D eigenvalue weighted by Gasteiger charge is 2.15. The minimum absolute atomic E-state index is 0.0931. The second kappa shape index (κ2) is 13.1. The van der Waals surface area contributed by atoms with Crippen LogP contribution < -0.4 is 0 Å². The normalized spacial score (nSPS) is 12.7. The summed E-state index contributed by atoms with van der Waals surface area (Å²) in [7, 11) is 0. The number of aliphatic hydroxyl groups excluding tert-OH is 4. The van der Waals surface area contributed by atoms with E-state index in [0.29, 0.717) is 6.42 Å². The highest BCUT2D eigenvalue weighted by molar-refractivity contribution is 5.73. The molecule has 0 aliphatic heterocycles. The van der Waals surface area contributed by atoms with E-state index in [1.807, 2.05) is 0 Å². The Hall–Kier alpha value is -1.30. The number of aliphatic hydroxyl groups is 4. The molecule has 0 spiro atoms. The first-order valence-corrected chi connectivity index (χ1v) is 5.22. The van der Waals surface area contributed by atoms with E-state index in [1.165, 1.54) is 0 Å². The Morgan fingerprint density at radius 2 is 1.26 bits per heavy atom. The van der Waals surface area contributed by atoms with Gasteiger partial charge in [-0.15, -0.1) is 0 Å². The van der Waals surface area contributed by atoms with Gasteiger partial charge in [-0.3, -0.25) is 9.78 Å². The zero-order valence-corrected chi connectivity index (χ0v) is 10.0. The Morgan fingerprint density at radius 3 is 1.58 bits per heavy atom. The van der Waals surface area contributed by atoms with Crippen LogP contribution >= 0.6 is 0 Å². The fraction of sp³-hybridized carbons (Fsp3) is 0.778. The van der Waals surface area contributed by atoms with Gasteiger partial charge in [0.05, 0.1) is 0 Å². The summed E-state index contributed by atoms with van der Waals surface area (Å²) in [5, 5.41) is 49.0. The van der Waals surface area contributed by atoms with Crippen LogP contribution in [0.2, 0.25) is 0 Å². The van der Waals surface area contributed by atoms with Crippen molar-refractivity contribution < 1.29 is 50.3 Å². The standard InChI is InChI=1S/C5H10O5.C4H8O5/c6-3-1-2-4(7)5(8)10-9;5-2-1-3(6)4(7)9-8/h4,6-7,9H,1-3H2;3,5-6,8H,1-2H2. The molecule has 10 nitrogen and oxygen atoms in total. The minimum Gasteiger partial charge on any atom is -0.396 e. The van der Waals surface area contributed by atoms with E-state index in [-0.39, 0.29) is 26.1 Å². The summed E-state index contributed by atoms with van der Waals surface area (Å²) in [6.45, 7) is -0.425. The molecule has 2 atom stereocenters. The lowest BCUT2D eigenvalue weighted by Gasteiger charge is -2.03. The van der Waals surface area contributed by atoms with Crippen LogP contribution in [0.5, 0.6) is 0 Å². The molecule has 2 unspecified atom stereocenters. The molecule has 0 saturated carbocycles. The van der Waals surface area contributed by atoms with Crippen molar-refractivity contribution in [3.05, 3.63) is 0 Å². The van der Waals surface area contributed by atoms with E-state index < -0.39 is 24.1 Å². The van der Waals surface area contributed by atoms with Crippen LogP contribution in [0.1, 0.15) is 19.3 Å². The lowest BCUT2D eigenvalue weighted by atomic mass is 10.2. The number of carbonyl (C=O) groups is 2. The average molecular weight is 286 g/mol. The van der Waals surface area contributed by atoms with E-state index in [1.54, 1.807) is 0 Å². The number of hydrogen-bond acceptors (Lipinski definition) is 10. The van der Waals surface area contributed by atoms with Gasteiger partial charge in [-0.25, -0.2) is 9.59 Å². The second-order valence-corrected chi connectivity index (χ2v) is 3.23. The van der Waals surface area contributed by atoms with Gasteiger partial charge in [0, 0.05) is 19.6 Å². The van der Waals surface area contributed by atoms with E-state index in [4.69, 9.17) is 30.9 Å². The minimum atomic E-state index is -1.43. The van der Waals surface area contributed by atoms with Crippen LogP contribution in [0, 0.1) is 0 Å². The van der Waals surface area contributed by atoms with Crippen LogP contribution in [-0.2, 0) is 19.4 Å². The summed E-state index contributed by atoms with van der Waals surface area (Å²) in [5.74, 6) is -2.24. The van der Waals surface area contributed by atoms with E-state index in [9.17, 15) is 9.59 Å². The molecular formula is C9H18O10. The molecular weight excluding hydrogens is 268 g/mol. The van der Waals surface area contributed by atoms with Gasteiger partial charge >= 0.3 is 11.9 Å². The molecule has 0 radical (unpaired) electrons. The van der Waals surface area contributed by atoms with Crippen molar-refractivity contribution in [2.24, 2.45) is 0 Å². The Balaban J connectivity index is 0. The summed E-state index contributed by atoms with van der Waals surface area (Å²) >= 11 is 0. The first-order chi connectivity index (χ1) is 8.94. The summed E-state index contributed by atoms with van der Waals surface area (Å²) in [4.78, 5) is 26.7. The average Bonchev–Trinajstić information content (AvgIpc) is 2.43. The first-order valence-electron chi connectivity index (χ1n) is 5.22. The first kappa shape index (κ1) is 20.0. The van der Waals surface area contributed by atoms with Gasteiger partial charge in [-0.1, -0.05) is 0 Å². The number of rotatable bonds is 7. The molecule has 0 fully saturated rings. The molecule has 0 saturated heterocycles. The van der Waals surface area contributed by atoms with Gasteiger partial charge in [0.2, 0.25) is 0 Å². The van der Waals surface area contributed by atoms with Crippen molar-refractivity contribution in [1.82, 2.24) is 0 Å². The molecule has 114 valence electrons. The fourth-order valence-corrected chi connectivity index (χ4v) is 0.764. The third-order valence-electron chi connectivity index (χ3n) is 1.76. The topological polar surface area (TPSA) is 174 Å². The van der Waals surface area contributed by atoms with Gasteiger partial charge in [0.25, 0.3) is 0 Å². The van der Waals surface area contributed by atoms with Crippen LogP contribution in [-0.4, -0.2) is 68.3 Å². The third-order valence-corrected chi connectivity index (χ3v) is 1.76. The van der Waals surface area contributed by atoms with Crippen LogP contribution in [0.3, 0.4) is 0 Å². The largest absolute Gasteiger partial charge is 0.396 e. The Labute approximate surface area is 108 Å². The van der Waals surface area contributed by atoms with Crippen LogP contribution in [0.4, 0.5) is 0 Å². The molecule has 6 N–H and O–H groups in total.